The third-order valence-corrected chi connectivity index (χ3v) is 3.80. The summed E-state index contributed by atoms with van der Waals surface area (Å²) in [6.07, 6.45) is 5.93. The zero-order chi connectivity index (χ0) is 17.4. The van der Waals surface area contributed by atoms with E-state index in [4.69, 9.17) is 14.6 Å². The Labute approximate surface area is 140 Å². The Hall–Kier alpha value is -1.77. The van der Waals surface area contributed by atoms with Crippen LogP contribution in [0.1, 0.15) is 51.7 Å². The average Bonchev–Trinajstić information content (AvgIpc) is 3.03. The van der Waals surface area contributed by atoms with Gasteiger partial charge in [0.1, 0.15) is 5.82 Å². The minimum Gasteiger partial charge on any atom is -0.391 e. The van der Waals surface area contributed by atoms with Crippen LogP contribution in [0.15, 0.2) is 17.1 Å². The van der Waals surface area contributed by atoms with Gasteiger partial charge in [0, 0.05) is 12.6 Å². The normalized spacial score (nSPS) is 20.2. The summed E-state index contributed by atoms with van der Waals surface area (Å²) in [5.41, 5.74) is -0.539. The molecule has 1 aliphatic rings. The predicted molar refractivity (Wildman–Crippen MR) is 87.5 cm³/mol. The van der Waals surface area contributed by atoms with Gasteiger partial charge in [-0.05, 0) is 12.5 Å². The molecule has 2 rings (SSSR count). The van der Waals surface area contributed by atoms with Crippen molar-refractivity contribution in [2.24, 2.45) is 0 Å². The van der Waals surface area contributed by atoms with E-state index in [0.717, 1.165) is 19.3 Å². The molecule has 0 aromatic carbocycles. The van der Waals surface area contributed by atoms with Crippen LogP contribution in [-0.2, 0) is 14.3 Å². The van der Waals surface area contributed by atoms with Crippen molar-refractivity contribution in [2.75, 3.05) is 18.5 Å². The smallest absolute Gasteiger partial charge is 0.351 e. The summed E-state index contributed by atoms with van der Waals surface area (Å²) in [6.45, 7) is 2.04. The second-order valence-corrected chi connectivity index (χ2v) is 5.75. The Morgan fingerprint density at radius 2 is 2.21 bits per heavy atom. The fraction of sp³-hybridized carbons (Fsp3) is 0.688. The maximum Gasteiger partial charge on any atom is 0.351 e. The molecule has 0 radical (unpaired) electrons. The topological polar surface area (TPSA) is 103 Å². The van der Waals surface area contributed by atoms with Gasteiger partial charge in [-0.1, -0.05) is 32.6 Å². The van der Waals surface area contributed by atoms with Gasteiger partial charge in [0.2, 0.25) is 5.91 Å². The fourth-order valence-electron chi connectivity index (χ4n) is 2.48. The van der Waals surface area contributed by atoms with Crippen molar-refractivity contribution in [3.63, 3.8) is 0 Å². The highest BCUT2D eigenvalue weighted by molar-refractivity contribution is 5.89. The lowest BCUT2D eigenvalue weighted by Crippen LogP contribution is -2.29. The van der Waals surface area contributed by atoms with Gasteiger partial charge in [0.15, 0.2) is 12.5 Å². The first-order valence-electron chi connectivity index (χ1n) is 8.41. The molecule has 8 heteroatoms. The van der Waals surface area contributed by atoms with Crippen molar-refractivity contribution in [3.8, 4) is 0 Å². The molecule has 1 fully saturated rings. The summed E-state index contributed by atoms with van der Waals surface area (Å²) in [5.74, 6) is 0.0874. The summed E-state index contributed by atoms with van der Waals surface area (Å²) in [7, 11) is 0. The van der Waals surface area contributed by atoms with Crippen molar-refractivity contribution in [2.45, 2.75) is 58.0 Å². The lowest BCUT2D eigenvalue weighted by atomic mass is 10.1. The molecule has 1 aromatic heterocycles. The lowest BCUT2D eigenvalue weighted by molar-refractivity contribution is -0.116. The van der Waals surface area contributed by atoms with Gasteiger partial charge in [0.05, 0.1) is 13.2 Å². The summed E-state index contributed by atoms with van der Waals surface area (Å²) in [6, 6.07) is 1.55. The first-order valence-corrected chi connectivity index (χ1v) is 8.41. The molecule has 134 valence electrons. The number of hydrogen-bond donors (Lipinski definition) is 2. The van der Waals surface area contributed by atoms with Gasteiger partial charge in [-0.2, -0.15) is 4.98 Å². The minimum absolute atomic E-state index is 0.142. The van der Waals surface area contributed by atoms with E-state index in [1.807, 2.05) is 0 Å². The first kappa shape index (κ1) is 18.6. The van der Waals surface area contributed by atoms with Crippen LogP contribution in [0.3, 0.4) is 0 Å². The molecule has 0 aliphatic carbocycles. The zero-order valence-electron chi connectivity index (χ0n) is 13.9. The number of amides is 1. The number of carbonyl (C=O) groups is 1. The van der Waals surface area contributed by atoms with Gasteiger partial charge < -0.3 is 19.9 Å². The molecular weight excluding hydrogens is 314 g/mol. The third kappa shape index (κ3) is 5.40. The molecule has 2 heterocycles. The molecule has 1 saturated heterocycles. The van der Waals surface area contributed by atoms with E-state index in [-0.39, 0.29) is 24.9 Å². The molecule has 0 spiro atoms. The number of aliphatic hydroxyl groups is 1. The molecule has 0 bridgehead atoms. The van der Waals surface area contributed by atoms with E-state index in [9.17, 15) is 9.59 Å². The number of hydrogen-bond acceptors (Lipinski definition) is 6. The molecular formula is C16H25N3O5. The van der Waals surface area contributed by atoms with Crippen LogP contribution >= 0.6 is 0 Å². The Balaban J connectivity index is 1.83. The number of carbonyl (C=O) groups excluding carboxylic acids is 1. The van der Waals surface area contributed by atoms with Crippen LogP contribution in [0.4, 0.5) is 5.82 Å². The van der Waals surface area contributed by atoms with Gasteiger partial charge in [-0.3, -0.25) is 9.36 Å². The number of aromatic nitrogens is 2. The van der Waals surface area contributed by atoms with Crippen LogP contribution < -0.4 is 11.0 Å². The number of nitrogens with one attached hydrogen (secondary N) is 1. The van der Waals surface area contributed by atoms with Crippen molar-refractivity contribution in [1.82, 2.24) is 9.55 Å². The summed E-state index contributed by atoms with van der Waals surface area (Å²) < 4.78 is 11.8. The van der Waals surface area contributed by atoms with E-state index < -0.39 is 18.2 Å². The molecule has 0 saturated carbocycles. The third-order valence-electron chi connectivity index (χ3n) is 3.80. The van der Waals surface area contributed by atoms with E-state index in [2.05, 4.69) is 17.2 Å². The maximum atomic E-state index is 12.0. The summed E-state index contributed by atoms with van der Waals surface area (Å²) in [4.78, 5) is 27.7. The highest BCUT2D eigenvalue weighted by Crippen LogP contribution is 2.19. The molecule has 1 amide bonds. The van der Waals surface area contributed by atoms with Gasteiger partial charge in [-0.25, -0.2) is 4.79 Å². The van der Waals surface area contributed by atoms with Crippen LogP contribution in [0, 0.1) is 0 Å². The number of unbranched alkanes of at least 4 members (excludes halogenated alkanes) is 4. The second-order valence-electron chi connectivity index (χ2n) is 5.75. The van der Waals surface area contributed by atoms with E-state index >= 15 is 0 Å². The quantitative estimate of drug-likeness (QED) is 0.659. The number of anilines is 1. The van der Waals surface area contributed by atoms with Crippen molar-refractivity contribution in [3.05, 3.63) is 22.7 Å². The highest BCUT2D eigenvalue weighted by atomic mass is 16.7. The molecule has 1 aliphatic heterocycles. The Morgan fingerprint density at radius 1 is 1.42 bits per heavy atom. The number of nitrogens with zero attached hydrogens (tertiary/aromatic N) is 2. The second kappa shape index (κ2) is 9.51. The first-order chi connectivity index (χ1) is 11.6. The molecule has 8 nitrogen and oxygen atoms in total. The van der Waals surface area contributed by atoms with Gasteiger partial charge >= 0.3 is 5.69 Å². The Bertz CT molecular complexity index is 589. The molecule has 1 aromatic rings. The highest BCUT2D eigenvalue weighted by Gasteiger charge is 2.27. The SMILES string of the molecule is CCCCCCCC(=O)Nc1ccn(C2COC(CO)O2)c(=O)n1. The van der Waals surface area contributed by atoms with Crippen molar-refractivity contribution in [1.29, 1.82) is 0 Å². The Morgan fingerprint density at radius 3 is 2.88 bits per heavy atom. The van der Waals surface area contributed by atoms with Crippen LogP contribution in [0.5, 0.6) is 0 Å². The molecule has 2 unspecified atom stereocenters. The zero-order valence-corrected chi connectivity index (χ0v) is 13.9. The molecule has 24 heavy (non-hydrogen) atoms. The van der Waals surface area contributed by atoms with E-state index in [0.29, 0.717) is 6.42 Å². The van der Waals surface area contributed by atoms with Crippen molar-refractivity contribution >= 4 is 11.7 Å². The van der Waals surface area contributed by atoms with Gasteiger partial charge in [-0.15, -0.1) is 0 Å². The minimum atomic E-state index is -0.728. The maximum absolute atomic E-state index is 12.0. The van der Waals surface area contributed by atoms with Crippen LogP contribution in [-0.4, -0.2) is 40.1 Å². The monoisotopic (exact) mass is 339 g/mol. The summed E-state index contributed by atoms with van der Waals surface area (Å²) >= 11 is 0. The molecule has 2 N–H and O–H groups in total. The van der Waals surface area contributed by atoms with E-state index in [1.54, 1.807) is 6.07 Å². The number of rotatable bonds is 9. The Kier molecular flexibility index (Phi) is 7.36. The molecule has 2 atom stereocenters. The lowest BCUT2D eigenvalue weighted by Gasteiger charge is -2.12. The van der Waals surface area contributed by atoms with Crippen LogP contribution in [0.2, 0.25) is 0 Å². The number of aliphatic hydroxyl groups excluding tert-OH is 1. The largest absolute Gasteiger partial charge is 0.391 e. The summed E-state index contributed by atoms with van der Waals surface area (Å²) in [5, 5.41) is 11.6. The van der Waals surface area contributed by atoms with E-state index in [1.165, 1.54) is 23.6 Å². The van der Waals surface area contributed by atoms with Crippen LogP contribution in [0.25, 0.3) is 0 Å². The standard InChI is InChI=1S/C16H25N3O5/c1-2-3-4-5-6-7-13(21)17-12-8-9-19(16(22)18-12)14-11-23-15(10-20)24-14/h8-9,14-15,20H,2-7,10-11H2,1H3,(H,17,18,21,22). The number of ether oxygens (including phenoxy) is 2. The van der Waals surface area contributed by atoms with Gasteiger partial charge in [0.25, 0.3) is 0 Å². The fourth-order valence-corrected chi connectivity index (χ4v) is 2.48. The average molecular weight is 339 g/mol. The van der Waals surface area contributed by atoms with Crippen molar-refractivity contribution < 1.29 is 19.4 Å². The predicted octanol–water partition coefficient (Wildman–Crippen LogP) is 1.41.